The van der Waals surface area contributed by atoms with Crippen molar-refractivity contribution in [2.45, 2.75) is 58.0 Å². The third-order valence-electron chi connectivity index (χ3n) is 6.33. The number of aromatic amines is 1. The maximum absolute atomic E-state index is 12.5. The van der Waals surface area contributed by atoms with E-state index in [1.807, 2.05) is 16.7 Å². The summed E-state index contributed by atoms with van der Waals surface area (Å²) in [5.74, 6) is 1.64. The maximum atomic E-state index is 12.5. The summed E-state index contributed by atoms with van der Waals surface area (Å²) in [6.45, 7) is 5.70. The van der Waals surface area contributed by atoms with Crippen LogP contribution in [0.5, 0.6) is 0 Å². The summed E-state index contributed by atoms with van der Waals surface area (Å²) in [6, 6.07) is 0. The van der Waals surface area contributed by atoms with Gasteiger partial charge in [0.1, 0.15) is 5.82 Å². The molecule has 1 aromatic rings. The molecular weight excluding hydrogens is 346 g/mol. The normalized spacial score (nSPS) is 25.4. The van der Waals surface area contributed by atoms with Crippen molar-refractivity contribution in [2.75, 3.05) is 32.8 Å². The number of likely N-dealkylation sites (tertiary alicyclic amines) is 2. The van der Waals surface area contributed by atoms with Crippen LogP contribution >= 0.6 is 0 Å². The van der Waals surface area contributed by atoms with Crippen molar-refractivity contribution in [1.82, 2.24) is 25.0 Å². The lowest BCUT2D eigenvalue weighted by atomic mass is 9.72. The van der Waals surface area contributed by atoms with Crippen molar-refractivity contribution in [1.29, 1.82) is 0 Å². The summed E-state index contributed by atoms with van der Waals surface area (Å²) in [5, 5.41) is 6.84. The molecule has 8 nitrogen and oxygen atoms in total. The van der Waals surface area contributed by atoms with E-state index in [2.05, 4.69) is 15.2 Å². The number of hydrogen-bond donors (Lipinski definition) is 1. The number of nitrogens with zero attached hydrogens (tertiary/aromatic N) is 4. The van der Waals surface area contributed by atoms with Gasteiger partial charge in [0.05, 0.1) is 12.5 Å². The van der Waals surface area contributed by atoms with Gasteiger partial charge in [0.2, 0.25) is 11.8 Å². The zero-order valence-corrected chi connectivity index (χ0v) is 16.1. The number of rotatable bonds is 4. The van der Waals surface area contributed by atoms with Crippen LogP contribution in [0.1, 0.15) is 50.2 Å². The standard InChI is InChI=1S/C19H29N5O3/c1-14-20-16(22-21-14)11-18(26)23-8-6-19(7-9-23)5-4-17(25)24(13-19)12-15-3-2-10-27-15/h15H,2-13H2,1H3,(H,20,21,22)/t15-/m1/s1. The largest absolute Gasteiger partial charge is 0.376 e. The molecule has 148 valence electrons. The Balaban J connectivity index is 1.31. The van der Waals surface area contributed by atoms with Gasteiger partial charge in [-0.15, -0.1) is 0 Å². The SMILES string of the molecule is Cc1nc(CC(=O)N2CCC3(CCC(=O)N(C[C@H]4CCCO4)C3)CC2)n[nH]1. The van der Waals surface area contributed by atoms with Crippen LogP contribution in [0.25, 0.3) is 0 Å². The molecule has 3 fully saturated rings. The number of carbonyl (C=O) groups is 2. The summed E-state index contributed by atoms with van der Waals surface area (Å²) in [7, 11) is 0. The van der Waals surface area contributed by atoms with E-state index in [0.717, 1.165) is 70.7 Å². The number of aryl methyl sites for hydroxylation is 1. The molecule has 1 aromatic heterocycles. The second-order valence-electron chi connectivity index (χ2n) is 8.30. The van der Waals surface area contributed by atoms with Crippen molar-refractivity contribution in [3.8, 4) is 0 Å². The van der Waals surface area contributed by atoms with Gasteiger partial charge in [0, 0.05) is 39.2 Å². The zero-order chi connectivity index (χ0) is 18.9. The topological polar surface area (TPSA) is 91.4 Å². The van der Waals surface area contributed by atoms with E-state index in [1.165, 1.54) is 0 Å². The molecule has 1 atom stereocenters. The van der Waals surface area contributed by atoms with Gasteiger partial charge in [-0.1, -0.05) is 0 Å². The van der Waals surface area contributed by atoms with Gasteiger partial charge < -0.3 is 14.5 Å². The molecule has 0 saturated carbocycles. The Hall–Kier alpha value is -1.96. The van der Waals surface area contributed by atoms with Crippen molar-refractivity contribution in [3.63, 3.8) is 0 Å². The van der Waals surface area contributed by atoms with E-state index < -0.39 is 0 Å². The molecule has 27 heavy (non-hydrogen) atoms. The Bertz CT molecular complexity index is 689. The van der Waals surface area contributed by atoms with Gasteiger partial charge >= 0.3 is 0 Å². The molecule has 0 bridgehead atoms. The number of piperidine rings is 2. The average Bonchev–Trinajstić information content (AvgIpc) is 3.31. The fraction of sp³-hybridized carbons (Fsp3) is 0.789. The molecule has 3 aliphatic heterocycles. The van der Waals surface area contributed by atoms with Gasteiger partial charge in [0.25, 0.3) is 0 Å². The summed E-state index contributed by atoms with van der Waals surface area (Å²) < 4.78 is 5.73. The second-order valence-corrected chi connectivity index (χ2v) is 8.30. The van der Waals surface area contributed by atoms with Crippen LogP contribution in [0.4, 0.5) is 0 Å². The highest BCUT2D eigenvalue weighted by Crippen LogP contribution is 2.40. The molecule has 4 rings (SSSR count). The summed E-state index contributed by atoms with van der Waals surface area (Å²) in [6.07, 6.45) is 6.09. The Kier molecular flexibility index (Phi) is 5.16. The molecule has 0 radical (unpaired) electrons. The molecule has 0 aliphatic carbocycles. The van der Waals surface area contributed by atoms with E-state index in [9.17, 15) is 9.59 Å². The molecule has 1 spiro atoms. The molecule has 4 heterocycles. The Morgan fingerprint density at radius 3 is 2.81 bits per heavy atom. The lowest BCUT2D eigenvalue weighted by molar-refractivity contribution is -0.143. The fourth-order valence-electron chi connectivity index (χ4n) is 4.66. The number of aromatic nitrogens is 3. The average molecular weight is 375 g/mol. The lowest BCUT2D eigenvalue weighted by Gasteiger charge is -2.47. The van der Waals surface area contributed by atoms with E-state index in [1.54, 1.807) is 0 Å². The van der Waals surface area contributed by atoms with Gasteiger partial charge in [0.15, 0.2) is 5.82 Å². The summed E-state index contributed by atoms with van der Waals surface area (Å²) in [5.41, 5.74) is 0.157. The van der Waals surface area contributed by atoms with E-state index >= 15 is 0 Å². The lowest BCUT2D eigenvalue weighted by Crippen LogP contribution is -2.53. The number of H-pyrrole nitrogens is 1. The second kappa shape index (κ2) is 7.58. The van der Waals surface area contributed by atoms with Crippen LogP contribution in [0.15, 0.2) is 0 Å². The molecular formula is C19H29N5O3. The number of amides is 2. The van der Waals surface area contributed by atoms with Gasteiger partial charge in [-0.3, -0.25) is 14.7 Å². The Morgan fingerprint density at radius 2 is 2.15 bits per heavy atom. The first-order valence-corrected chi connectivity index (χ1v) is 10.1. The molecule has 2 amide bonds. The van der Waals surface area contributed by atoms with Gasteiger partial charge in [-0.25, -0.2) is 4.98 Å². The molecule has 0 unspecified atom stereocenters. The maximum Gasteiger partial charge on any atom is 0.230 e. The van der Waals surface area contributed by atoms with Crippen molar-refractivity contribution in [2.24, 2.45) is 5.41 Å². The van der Waals surface area contributed by atoms with Crippen LogP contribution in [-0.4, -0.2) is 75.7 Å². The van der Waals surface area contributed by atoms with E-state index in [0.29, 0.717) is 12.2 Å². The predicted molar refractivity (Wildman–Crippen MR) is 97.9 cm³/mol. The van der Waals surface area contributed by atoms with Crippen molar-refractivity contribution >= 4 is 11.8 Å². The highest BCUT2D eigenvalue weighted by molar-refractivity contribution is 5.78. The first-order chi connectivity index (χ1) is 13.0. The van der Waals surface area contributed by atoms with Crippen LogP contribution in [0.2, 0.25) is 0 Å². The molecule has 8 heteroatoms. The minimum atomic E-state index is 0.0898. The third-order valence-corrected chi connectivity index (χ3v) is 6.33. The van der Waals surface area contributed by atoms with Crippen LogP contribution in [0.3, 0.4) is 0 Å². The molecule has 0 aromatic carbocycles. The molecule has 3 saturated heterocycles. The summed E-state index contributed by atoms with van der Waals surface area (Å²) >= 11 is 0. The van der Waals surface area contributed by atoms with E-state index in [4.69, 9.17) is 4.74 Å². The summed E-state index contributed by atoms with van der Waals surface area (Å²) in [4.78, 5) is 33.1. The van der Waals surface area contributed by atoms with E-state index in [-0.39, 0.29) is 29.8 Å². The van der Waals surface area contributed by atoms with Crippen LogP contribution in [0, 0.1) is 12.3 Å². The number of ether oxygens (including phenoxy) is 1. The van der Waals surface area contributed by atoms with Crippen molar-refractivity contribution < 1.29 is 14.3 Å². The quantitative estimate of drug-likeness (QED) is 0.850. The third kappa shape index (κ3) is 4.15. The van der Waals surface area contributed by atoms with Crippen molar-refractivity contribution in [3.05, 3.63) is 11.6 Å². The molecule has 1 N–H and O–H groups in total. The monoisotopic (exact) mass is 375 g/mol. The Labute approximate surface area is 159 Å². The molecule has 3 aliphatic rings. The fourth-order valence-corrected chi connectivity index (χ4v) is 4.66. The van der Waals surface area contributed by atoms with Gasteiger partial charge in [-0.05, 0) is 44.4 Å². The minimum Gasteiger partial charge on any atom is -0.376 e. The number of carbonyl (C=O) groups excluding carboxylic acids is 2. The highest BCUT2D eigenvalue weighted by atomic mass is 16.5. The van der Waals surface area contributed by atoms with Crippen LogP contribution in [-0.2, 0) is 20.7 Å². The van der Waals surface area contributed by atoms with Gasteiger partial charge in [-0.2, -0.15) is 5.10 Å². The minimum absolute atomic E-state index is 0.0898. The first-order valence-electron chi connectivity index (χ1n) is 10.1. The van der Waals surface area contributed by atoms with Crippen LogP contribution < -0.4 is 0 Å². The highest BCUT2D eigenvalue weighted by Gasteiger charge is 2.42. The Morgan fingerprint density at radius 1 is 1.33 bits per heavy atom. The smallest absolute Gasteiger partial charge is 0.230 e. The number of nitrogens with one attached hydrogen (secondary N) is 1. The zero-order valence-electron chi connectivity index (χ0n) is 16.1. The number of hydrogen-bond acceptors (Lipinski definition) is 5. The predicted octanol–water partition coefficient (Wildman–Crippen LogP) is 1.07. The first kappa shape index (κ1) is 18.4.